The van der Waals surface area contributed by atoms with Gasteiger partial charge in [0.25, 0.3) is 5.91 Å². The van der Waals surface area contributed by atoms with E-state index >= 15 is 0 Å². The van der Waals surface area contributed by atoms with E-state index < -0.39 is 24.2 Å². The summed E-state index contributed by atoms with van der Waals surface area (Å²) in [4.78, 5) is 18.6. The van der Waals surface area contributed by atoms with E-state index in [2.05, 4.69) is 16.9 Å². The number of amides is 1. The summed E-state index contributed by atoms with van der Waals surface area (Å²) < 4.78 is 18.0. The molecule has 3 heterocycles. The van der Waals surface area contributed by atoms with Gasteiger partial charge in [-0.25, -0.2) is 4.98 Å². The number of ether oxygens (including phenoxy) is 1. The predicted molar refractivity (Wildman–Crippen MR) is 99.6 cm³/mol. The van der Waals surface area contributed by atoms with E-state index in [1.807, 2.05) is 27.7 Å². The zero-order valence-electron chi connectivity index (χ0n) is 16.2. The molecule has 26 heavy (non-hydrogen) atoms. The van der Waals surface area contributed by atoms with Crippen molar-refractivity contribution in [3.8, 4) is 5.88 Å². The summed E-state index contributed by atoms with van der Waals surface area (Å²) in [5.41, 5.74) is 5.56. The minimum atomic E-state index is -0.594. The molecule has 142 valence electrons. The minimum absolute atomic E-state index is 0.0412. The van der Waals surface area contributed by atoms with E-state index in [4.69, 9.17) is 19.8 Å². The second kappa shape index (κ2) is 6.83. The molecule has 1 amide bonds. The fraction of sp³-hybridized carbons (Fsp3) is 0.667. The molecule has 2 fully saturated rings. The highest BCUT2D eigenvalue weighted by molar-refractivity contribution is 6.62. The molecular weight excluding hydrogens is 333 g/mol. The van der Waals surface area contributed by atoms with Gasteiger partial charge >= 0.3 is 7.12 Å². The summed E-state index contributed by atoms with van der Waals surface area (Å²) in [5.74, 6) is -0.286. The monoisotopic (exact) mass is 361 g/mol. The zero-order chi connectivity index (χ0) is 19.1. The summed E-state index contributed by atoms with van der Waals surface area (Å²) in [6.07, 6.45) is 3.48. The fourth-order valence-electron chi connectivity index (χ4n) is 3.11. The number of carbonyl (C=O) groups excluding carboxylic acids is 1. The quantitative estimate of drug-likeness (QED) is 0.804. The van der Waals surface area contributed by atoms with Crippen LogP contribution < -0.4 is 15.9 Å². The van der Waals surface area contributed by atoms with E-state index in [0.29, 0.717) is 5.46 Å². The van der Waals surface area contributed by atoms with Crippen LogP contribution in [-0.4, -0.2) is 60.4 Å². The summed E-state index contributed by atoms with van der Waals surface area (Å²) in [6, 6.07) is 1.67. The van der Waals surface area contributed by atoms with E-state index in [1.165, 1.54) is 0 Å². The second-order valence-electron chi connectivity index (χ2n) is 8.19. The molecule has 2 N–H and O–H groups in total. The predicted octanol–water partition coefficient (Wildman–Crippen LogP) is 0.953. The molecule has 0 unspecified atom stereocenters. The van der Waals surface area contributed by atoms with Crippen molar-refractivity contribution in [3.63, 3.8) is 0 Å². The molecule has 0 spiro atoms. The SMILES string of the molecule is CN1CCC(Oc2ncc(B3OC(C)(C)C(C)(C)O3)cc2C(N)=O)CC1. The summed E-state index contributed by atoms with van der Waals surface area (Å²) >= 11 is 0. The van der Waals surface area contributed by atoms with Gasteiger partial charge in [-0.05, 0) is 53.7 Å². The molecule has 7 nitrogen and oxygen atoms in total. The van der Waals surface area contributed by atoms with Crippen molar-refractivity contribution in [1.82, 2.24) is 9.88 Å². The number of piperidine rings is 1. The van der Waals surface area contributed by atoms with Gasteiger partial charge in [0.1, 0.15) is 11.7 Å². The van der Waals surface area contributed by atoms with Crippen molar-refractivity contribution in [3.05, 3.63) is 17.8 Å². The molecule has 2 aliphatic rings. The standard InChI is InChI=1S/C18H28BN3O4/c1-17(2)18(3,4)26-19(25-17)12-10-14(15(20)23)16(21-11-12)24-13-6-8-22(5)9-7-13/h10-11,13H,6-9H2,1-5H3,(H2,20,23). The first kappa shape index (κ1) is 19.1. The Kier molecular flexibility index (Phi) is 5.03. The van der Waals surface area contributed by atoms with Gasteiger partial charge in [-0.2, -0.15) is 0 Å². The van der Waals surface area contributed by atoms with Gasteiger partial charge in [-0.15, -0.1) is 0 Å². The molecule has 2 saturated heterocycles. The van der Waals surface area contributed by atoms with Gasteiger partial charge in [0.05, 0.1) is 11.2 Å². The highest BCUT2D eigenvalue weighted by Gasteiger charge is 2.52. The molecule has 0 saturated carbocycles. The number of hydrogen-bond acceptors (Lipinski definition) is 6. The number of primary amides is 1. The lowest BCUT2D eigenvalue weighted by Crippen LogP contribution is -2.41. The molecule has 2 aliphatic heterocycles. The van der Waals surface area contributed by atoms with Crippen LogP contribution in [0.25, 0.3) is 0 Å². The van der Waals surface area contributed by atoms with Gasteiger partial charge in [-0.3, -0.25) is 4.79 Å². The first-order chi connectivity index (χ1) is 12.1. The van der Waals surface area contributed by atoms with Gasteiger partial charge < -0.3 is 24.7 Å². The van der Waals surface area contributed by atoms with Crippen LogP contribution in [0.3, 0.4) is 0 Å². The molecule has 0 atom stereocenters. The Balaban J connectivity index is 1.80. The Bertz CT molecular complexity index is 671. The molecule has 1 aromatic rings. The third-order valence-corrected chi connectivity index (χ3v) is 5.61. The first-order valence-electron chi connectivity index (χ1n) is 9.09. The van der Waals surface area contributed by atoms with Crippen LogP contribution in [0.15, 0.2) is 12.3 Å². The zero-order valence-corrected chi connectivity index (χ0v) is 16.2. The van der Waals surface area contributed by atoms with Crippen molar-refractivity contribution < 1.29 is 18.8 Å². The van der Waals surface area contributed by atoms with Crippen LogP contribution in [0, 0.1) is 0 Å². The Hall–Kier alpha value is -1.64. The fourth-order valence-corrected chi connectivity index (χ4v) is 3.11. The molecule has 0 radical (unpaired) electrons. The van der Waals surface area contributed by atoms with Crippen LogP contribution in [-0.2, 0) is 9.31 Å². The summed E-state index contributed by atoms with van der Waals surface area (Å²) in [7, 11) is 1.49. The number of pyridine rings is 1. The van der Waals surface area contributed by atoms with Gasteiger partial charge in [0, 0.05) is 24.7 Å². The Morgan fingerprint density at radius 3 is 2.38 bits per heavy atom. The first-order valence-corrected chi connectivity index (χ1v) is 9.09. The van der Waals surface area contributed by atoms with Gasteiger partial charge in [0.2, 0.25) is 5.88 Å². The topological polar surface area (TPSA) is 86.9 Å². The molecule has 0 aliphatic carbocycles. The van der Waals surface area contributed by atoms with Crippen LogP contribution in [0.2, 0.25) is 0 Å². The average Bonchev–Trinajstić information content (AvgIpc) is 2.77. The highest BCUT2D eigenvalue weighted by atomic mass is 16.7. The van der Waals surface area contributed by atoms with Crippen molar-refractivity contribution >= 4 is 18.5 Å². The van der Waals surface area contributed by atoms with Crippen LogP contribution in [0.1, 0.15) is 50.9 Å². The number of carbonyl (C=O) groups is 1. The lowest BCUT2D eigenvalue weighted by Gasteiger charge is -2.32. The van der Waals surface area contributed by atoms with Gasteiger partial charge in [-0.1, -0.05) is 0 Å². The number of likely N-dealkylation sites (tertiary alicyclic amines) is 1. The van der Waals surface area contributed by atoms with Crippen molar-refractivity contribution in [2.45, 2.75) is 57.8 Å². The van der Waals surface area contributed by atoms with E-state index in [9.17, 15) is 4.79 Å². The normalized spacial score (nSPS) is 23.2. The summed E-state index contributed by atoms with van der Waals surface area (Å²) in [6.45, 7) is 9.84. The Morgan fingerprint density at radius 2 is 1.85 bits per heavy atom. The van der Waals surface area contributed by atoms with Crippen LogP contribution in [0.4, 0.5) is 0 Å². The molecule has 3 rings (SSSR count). The molecule has 1 aromatic heterocycles. The number of nitrogens with zero attached hydrogens (tertiary/aromatic N) is 2. The maximum Gasteiger partial charge on any atom is 0.496 e. The smallest absolute Gasteiger partial charge is 0.474 e. The largest absolute Gasteiger partial charge is 0.496 e. The number of aromatic nitrogens is 1. The highest BCUT2D eigenvalue weighted by Crippen LogP contribution is 2.36. The maximum absolute atomic E-state index is 11.9. The van der Waals surface area contributed by atoms with Gasteiger partial charge in [0.15, 0.2) is 0 Å². The third-order valence-electron chi connectivity index (χ3n) is 5.61. The van der Waals surface area contributed by atoms with E-state index in [0.717, 1.165) is 25.9 Å². The van der Waals surface area contributed by atoms with E-state index in [-0.39, 0.29) is 17.5 Å². The number of rotatable bonds is 4. The Morgan fingerprint density at radius 1 is 1.27 bits per heavy atom. The molecule has 8 heteroatoms. The van der Waals surface area contributed by atoms with Crippen LogP contribution >= 0.6 is 0 Å². The van der Waals surface area contributed by atoms with Crippen molar-refractivity contribution in [2.75, 3.05) is 20.1 Å². The number of nitrogens with two attached hydrogens (primary N) is 1. The lowest BCUT2D eigenvalue weighted by molar-refractivity contribution is 0.00578. The lowest BCUT2D eigenvalue weighted by atomic mass is 9.79. The average molecular weight is 361 g/mol. The molecule has 0 aromatic carbocycles. The van der Waals surface area contributed by atoms with Crippen LogP contribution in [0.5, 0.6) is 5.88 Å². The molecular formula is C18H28BN3O4. The van der Waals surface area contributed by atoms with Crippen molar-refractivity contribution in [1.29, 1.82) is 0 Å². The maximum atomic E-state index is 11.9. The number of hydrogen-bond donors (Lipinski definition) is 1. The summed E-state index contributed by atoms with van der Waals surface area (Å²) in [5, 5.41) is 0. The van der Waals surface area contributed by atoms with E-state index in [1.54, 1.807) is 12.3 Å². The second-order valence-corrected chi connectivity index (χ2v) is 8.19. The molecule has 0 bridgehead atoms. The Labute approximate surface area is 155 Å². The third kappa shape index (κ3) is 3.72. The van der Waals surface area contributed by atoms with Crippen molar-refractivity contribution in [2.24, 2.45) is 5.73 Å². The minimum Gasteiger partial charge on any atom is -0.474 e.